The summed E-state index contributed by atoms with van der Waals surface area (Å²) < 4.78 is 86.5. The van der Waals surface area contributed by atoms with Gasteiger partial charge in [-0.05, 0) is 0 Å². The van der Waals surface area contributed by atoms with E-state index in [0.29, 0.717) is 11.3 Å². The summed E-state index contributed by atoms with van der Waals surface area (Å²) in [6.07, 6.45) is 0.954. The zero-order chi connectivity index (χ0) is 20.2. The maximum atomic E-state index is 14.6. The number of primary sulfonamides is 1. The standard InChI is InChI=1S/C14H11F4N5O3S2/c15-8-7(6-5-23-13(20-6)27-14(21-23)28(19,24)25)9(16)11(18)12(10(8)17)22-1-3-26-4-2-22/h5H,1-4H2,(H2,19,24,25). The van der Waals surface area contributed by atoms with Crippen LogP contribution < -0.4 is 10.0 Å². The molecule has 0 aliphatic carbocycles. The number of ether oxygens (including phenoxy) is 1. The average Bonchev–Trinajstić information content (AvgIpc) is 3.20. The molecule has 0 spiro atoms. The van der Waals surface area contributed by atoms with Gasteiger partial charge in [-0.2, -0.15) is 0 Å². The molecule has 0 amide bonds. The van der Waals surface area contributed by atoms with Crippen LogP contribution in [-0.2, 0) is 14.8 Å². The molecule has 1 fully saturated rings. The highest BCUT2D eigenvalue weighted by Gasteiger charge is 2.31. The fourth-order valence-corrected chi connectivity index (χ4v) is 4.33. The molecule has 0 unspecified atom stereocenters. The highest BCUT2D eigenvalue weighted by molar-refractivity contribution is 7.91. The third-order valence-electron chi connectivity index (χ3n) is 4.09. The highest BCUT2D eigenvalue weighted by atomic mass is 32.2. The number of sulfonamides is 1. The summed E-state index contributed by atoms with van der Waals surface area (Å²) in [7, 11) is -4.10. The molecular formula is C14H11F4N5O3S2. The monoisotopic (exact) mass is 437 g/mol. The number of imidazole rings is 1. The van der Waals surface area contributed by atoms with E-state index in [4.69, 9.17) is 9.88 Å². The van der Waals surface area contributed by atoms with Crippen LogP contribution in [0.2, 0.25) is 0 Å². The molecule has 3 aromatic rings. The molecular weight excluding hydrogens is 426 g/mol. The van der Waals surface area contributed by atoms with E-state index in [2.05, 4.69) is 10.1 Å². The topological polar surface area (TPSA) is 103 Å². The van der Waals surface area contributed by atoms with Crippen LogP contribution in [-0.4, -0.2) is 49.3 Å². The Hall–Kier alpha value is -2.29. The van der Waals surface area contributed by atoms with Crippen molar-refractivity contribution in [3.05, 3.63) is 29.5 Å². The largest absolute Gasteiger partial charge is 0.378 e. The smallest absolute Gasteiger partial charge is 0.267 e. The van der Waals surface area contributed by atoms with Gasteiger partial charge in [0.2, 0.25) is 9.30 Å². The Morgan fingerprint density at radius 3 is 2.21 bits per heavy atom. The first-order chi connectivity index (χ1) is 13.2. The van der Waals surface area contributed by atoms with Crippen molar-refractivity contribution in [1.29, 1.82) is 0 Å². The predicted molar refractivity (Wildman–Crippen MR) is 90.5 cm³/mol. The molecule has 0 atom stereocenters. The van der Waals surface area contributed by atoms with Gasteiger partial charge in [0.05, 0.1) is 30.7 Å². The zero-order valence-electron chi connectivity index (χ0n) is 13.8. The van der Waals surface area contributed by atoms with Gasteiger partial charge in [0.25, 0.3) is 10.0 Å². The number of halogens is 4. The fourth-order valence-electron chi connectivity index (χ4n) is 2.83. The SMILES string of the molecule is NS(=O)(=O)c1nn2cc(-c3c(F)c(F)c(N4CCOCC4)c(F)c3F)nc2s1. The summed E-state index contributed by atoms with van der Waals surface area (Å²) in [6.45, 7) is 0.484. The first kappa shape index (κ1) is 19.0. The van der Waals surface area contributed by atoms with Crippen LogP contribution >= 0.6 is 11.3 Å². The first-order valence-electron chi connectivity index (χ1n) is 7.76. The lowest BCUT2D eigenvalue weighted by Gasteiger charge is -2.29. The molecule has 0 bridgehead atoms. The van der Waals surface area contributed by atoms with Gasteiger partial charge in [-0.15, -0.1) is 5.10 Å². The van der Waals surface area contributed by atoms with Gasteiger partial charge in [0, 0.05) is 13.1 Å². The Morgan fingerprint density at radius 2 is 1.68 bits per heavy atom. The Labute approximate surface area is 159 Å². The minimum absolute atomic E-state index is 0.0732. The number of morpholine rings is 1. The van der Waals surface area contributed by atoms with Crippen LogP contribution in [0.5, 0.6) is 0 Å². The molecule has 1 saturated heterocycles. The van der Waals surface area contributed by atoms with E-state index >= 15 is 0 Å². The summed E-state index contributed by atoms with van der Waals surface area (Å²) >= 11 is 0.539. The van der Waals surface area contributed by atoms with Gasteiger partial charge in [0.1, 0.15) is 5.69 Å². The van der Waals surface area contributed by atoms with Crippen LogP contribution in [0.4, 0.5) is 23.2 Å². The summed E-state index contributed by atoms with van der Waals surface area (Å²) in [4.78, 5) is 4.90. The lowest BCUT2D eigenvalue weighted by Crippen LogP contribution is -2.37. The van der Waals surface area contributed by atoms with E-state index < -0.39 is 54.6 Å². The lowest BCUT2D eigenvalue weighted by molar-refractivity contribution is 0.122. The van der Waals surface area contributed by atoms with Crippen molar-refractivity contribution >= 4 is 32.0 Å². The van der Waals surface area contributed by atoms with Gasteiger partial charge in [-0.3, -0.25) is 0 Å². The van der Waals surface area contributed by atoms with Crippen LogP contribution in [0.25, 0.3) is 16.2 Å². The molecule has 3 heterocycles. The van der Waals surface area contributed by atoms with Gasteiger partial charge in [0.15, 0.2) is 23.3 Å². The molecule has 14 heteroatoms. The molecule has 0 saturated carbocycles. The summed E-state index contributed by atoms with van der Waals surface area (Å²) in [5.41, 5.74) is -2.26. The van der Waals surface area contributed by atoms with E-state index in [0.717, 1.165) is 15.6 Å². The normalized spacial score (nSPS) is 15.5. The minimum atomic E-state index is -4.10. The van der Waals surface area contributed by atoms with Crippen molar-refractivity contribution in [2.75, 3.05) is 31.2 Å². The fraction of sp³-hybridized carbons (Fsp3) is 0.286. The van der Waals surface area contributed by atoms with Crippen LogP contribution in [0.1, 0.15) is 0 Å². The van der Waals surface area contributed by atoms with Crippen molar-refractivity contribution in [2.24, 2.45) is 5.14 Å². The Balaban J connectivity index is 1.84. The molecule has 28 heavy (non-hydrogen) atoms. The third kappa shape index (κ3) is 3.01. The Bertz CT molecular complexity index is 1130. The van der Waals surface area contributed by atoms with Crippen LogP contribution in [0.3, 0.4) is 0 Å². The molecule has 1 aliphatic heterocycles. The number of benzene rings is 1. The number of hydrogen-bond acceptors (Lipinski definition) is 7. The van der Waals surface area contributed by atoms with Gasteiger partial charge >= 0.3 is 0 Å². The molecule has 1 aliphatic rings. The Morgan fingerprint density at radius 1 is 1.07 bits per heavy atom. The molecule has 150 valence electrons. The molecule has 8 nitrogen and oxygen atoms in total. The van der Waals surface area contributed by atoms with Crippen molar-refractivity contribution in [3.8, 4) is 11.3 Å². The van der Waals surface area contributed by atoms with E-state index in [1.54, 1.807) is 0 Å². The zero-order valence-corrected chi connectivity index (χ0v) is 15.5. The first-order valence-corrected chi connectivity index (χ1v) is 10.1. The second-order valence-electron chi connectivity index (χ2n) is 5.85. The van der Waals surface area contributed by atoms with Crippen molar-refractivity contribution in [3.63, 3.8) is 0 Å². The third-order valence-corrected chi connectivity index (χ3v) is 6.32. The van der Waals surface area contributed by atoms with E-state index in [9.17, 15) is 26.0 Å². The van der Waals surface area contributed by atoms with Crippen LogP contribution in [0.15, 0.2) is 10.5 Å². The van der Waals surface area contributed by atoms with Crippen molar-refractivity contribution in [1.82, 2.24) is 14.6 Å². The maximum absolute atomic E-state index is 14.6. The van der Waals surface area contributed by atoms with Gasteiger partial charge < -0.3 is 9.64 Å². The van der Waals surface area contributed by atoms with Gasteiger partial charge in [-0.1, -0.05) is 11.3 Å². The quantitative estimate of drug-likeness (QED) is 0.492. The summed E-state index contributed by atoms with van der Waals surface area (Å²) in [6, 6.07) is 0. The summed E-state index contributed by atoms with van der Waals surface area (Å²) in [5, 5.41) is 8.58. The van der Waals surface area contributed by atoms with Crippen molar-refractivity contribution in [2.45, 2.75) is 4.34 Å². The minimum Gasteiger partial charge on any atom is -0.378 e. The van der Waals surface area contributed by atoms with Crippen LogP contribution in [0, 0.1) is 23.3 Å². The molecule has 2 aromatic heterocycles. The second-order valence-corrected chi connectivity index (χ2v) is 8.54. The molecule has 4 rings (SSSR count). The number of aromatic nitrogens is 3. The van der Waals surface area contributed by atoms with Crippen molar-refractivity contribution < 1.29 is 30.7 Å². The highest BCUT2D eigenvalue weighted by Crippen LogP contribution is 2.36. The second kappa shape index (κ2) is 6.65. The molecule has 2 N–H and O–H groups in total. The Kier molecular flexibility index (Phi) is 4.52. The van der Waals surface area contributed by atoms with E-state index in [1.807, 2.05) is 0 Å². The predicted octanol–water partition coefficient (Wildman–Crippen LogP) is 1.50. The number of nitrogens with two attached hydrogens (primary N) is 1. The van der Waals surface area contributed by atoms with E-state index in [1.165, 1.54) is 0 Å². The maximum Gasteiger partial charge on any atom is 0.267 e. The molecule has 0 radical (unpaired) electrons. The molecule has 1 aromatic carbocycles. The van der Waals surface area contributed by atoms with Gasteiger partial charge in [-0.25, -0.2) is 40.6 Å². The number of hydrogen-bond donors (Lipinski definition) is 1. The number of rotatable bonds is 3. The number of nitrogens with zero attached hydrogens (tertiary/aromatic N) is 4. The van der Waals surface area contributed by atoms with E-state index in [-0.39, 0.29) is 31.3 Å². The number of anilines is 1. The number of fused-ring (bicyclic) bond motifs is 1. The average molecular weight is 437 g/mol. The lowest BCUT2D eigenvalue weighted by atomic mass is 10.1. The summed E-state index contributed by atoms with van der Waals surface area (Å²) in [5.74, 6) is -6.33.